The van der Waals surface area contributed by atoms with Gasteiger partial charge in [-0.15, -0.1) is 0 Å². The van der Waals surface area contributed by atoms with E-state index in [0.717, 1.165) is 49.7 Å². The summed E-state index contributed by atoms with van der Waals surface area (Å²) in [5.74, 6) is -0.592. The Morgan fingerprint density at radius 3 is 2.50 bits per heavy atom. The highest BCUT2D eigenvalue weighted by Crippen LogP contribution is 2.37. The number of nitrogens with zero attached hydrogens (tertiary/aromatic N) is 4. The lowest BCUT2D eigenvalue weighted by Crippen LogP contribution is -2.14. The summed E-state index contributed by atoms with van der Waals surface area (Å²) in [6.45, 7) is 0. The number of nitrogen functional groups attached to an aromatic ring is 1. The number of halogens is 3. The summed E-state index contributed by atoms with van der Waals surface area (Å²) in [6, 6.07) is 9.86. The maximum atomic E-state index is 12.8. The Morgan fingerprint density at radius 2 is 1.88 bits per heavy atom. The van der Waals surface area contributed by atoms with Crippen molar-refractivity contribution < 1.29 is 18.0 Å². The lowest BCUT2D eigenvalue weighted by atomic mass is 10.0. The van der Waals surface area contributed by atoms with Crippen molar-refractivity contribution in [2.75, 3.05) is 11.1 Å². The molecule has 3 N–H and O–H groups in total. The van der Waals surface area contributed by atoms with E-state index in [1.54, 1.807) is 12.1 Å². The van der Waals surface area contributed by atoms with Gasteiger partial charge in [-0.1, -0.05) is 12.8 Å². The molecule has 3 aromatic rings. The second kappa shape index (κ2) is 8.34. The van der Waals surface area contributed by atoms with Crippen molar-refractivity contribution in [2.45, 2.75) is 37.8 Å². The number of carbonyl (C=O) groups is 1. The van der Waals surface area contributed by atoms with E-state index in [0.29, 0.717) is 11.4 Å². The molecule has 7 nitrogen and oxygen atoms in total. The lowest BCUT2D eigenvalue weighted by molar-refractivity contribution is -0.137. The minimum Gasteiger partial charge on any atom is -0.395 e. The molecule has 0 radical (unpaired) electrons. The van der Waals surface area contributed by atoms with Gasteiger partial charge in [-0.25, -0.2) is 9.67 Å². The lowest BCUT2D eigenvalue weighted by Gasteiger charge is -2.09. The highest BCUT2D eigenvalue weighted by Gasteiger charge is 2.31. The second-order valence-electron chi connectivity index (χ2n) is 7.58. The molecule has 0 aliphatic heterocycles. The molecule has 0 bridgehead atoms. The Labute approximate surface area is 181 Å². The van der Waals surface area contributed by atoms with Gasteiger partial charge in [0.2, 0.25) is 0 Å². The van der Waals surface area contributed by atoms with Crippen LogP contribution in [-0.4, -0.2) is 20.7 Å². The molecule has 1 amide bonds. The van der Waals surface area contributed by atoms with Gasteiger partial charge < -0.3 is 11.1 Å². The van der Waals surface area contributed by atoms with E-state index in [4.69, 9.17) is 5.73 Å². The fraction of sp³-hybridized carbons (Fsp3) is 0.273. The van der Waals surface area contributed by atoms with Crippen molar-refractivity contribution in [1.29, 1.82) is 5.26 Å². The van der Waals surface area contributed by atoms with E-state index < -0.39 is 17.6 Å². The Hall–Kier alpha value is -3.87. The summed E-state index contributed by atoms with van der Waals surface area (Å²) < 4.78 is 40.0. The zero-order valence-electron chi connectivity index (χ0n) is 16.9. The number of aromatic nitrogens is 3. The molecule has 0 atom stereocenters. The third-order valence-electron chi connectivity index (χ3n) is 5.50. The number of amides is 1. The van der Waals surface area contributed by atoms with Gasteiger partial charge in [0.1, 0.15) is 11.9 Å². The van der Waals surface area contributed by atoms with Gasteiger partial charge in [0, 0.05) is 17.7 Å². The van der Waals surface area contributed by atoms with Crippen molar-refractivity contribution in [3.63, 3.8) is 0 Å². The fourth-order valence-electron chi connectivity index (χ4n) is 3.86. The number of pyridine rings is 1. The van der Waals surface area contributed by atoms with Crippen LogP contribution in [0.3, 0.4) is 0 Å². The van der Waals surface area contributed by atoms with Crippen LogP contribution in [0.15, 0.2) is 42.6 Å². The van der Waals surface area contributed by atoms with Crippen LogP contribution in [0, 0.1) is 11.3 Å². The normalized spacial score (nSPS) is 14.3. The Balaban J connectivity index is 1.56. The number of nitrogens with one attached hydrogen (secondary N) is 1. The Morgan fingerprint density at radius 1 is 1.19 bits per heavy atom. The number of alkyl halides is 3. The fourth-order valence-corrected chi connectivity index (χ4v) is 3.86. The van der Waals surface area contributed by atoms with Gasteiger partial charge in [-0.3, -0.25) is 4.79 Å². The van der Waals surface area contributed by atoms with Crippen LogP contribution in [0.5, 0.6) is 0 Å². The summed E-state index contributed by atoms with van der Waals surface area (Å²) in [4.78, 5) is 16.2. The van der Waals surface area contributed by atoms with E-state index in [-0.39, 0.29) is 23.0 Å². The van der Waals surface area contributed by atoms with E-state index in [9.17, 15) is 23.2 Å². The SMILES string of the molecule is N#Cc1c(N)c(C2CCCC2)nn1-c1ccc(C(=O)Nc2cc(C(F)(F)F)ccn2)cc1. The highest BCUT2D eigenvalue weighted by atomic mass is 19.4. The van der Waals surface area contributed by atoms with Gasteiger partial charge in [0.15, 0.2) is 5.69 Å². The molecule has 0 saturated heterocycles. The maximum absolute atomic E-state index is 12.8. The minimum absolute atomic E-state index is 0.207. The molecule has 164 valence electrons. The van der Waals surface area contributed by atoms with Crippen LogP contribution in [0.2, 0.25) is 0 Å². The first-order chi connectivity index (χ1) is 15.3. The van der Waals surface area contributed by atoms with Gasteiger partial charge in [0.25, 0.3) is 5.91 Å². The van der Waals surface area contributed by atoms with Gasteiger partial charge in [-0.05, 0) is 49.2 Å². The average molecular weight is 440 g/mol. The van der Waals surface area contributed by atoms with Crippen LogP contribution >= 0.6 is 0 Å². The first-order valence-corrected chi connectivity index (χ1v) is 10.0. The number of benzene rings is 1. The van der Waals surface area contributed by atoms with Crippen molar-refractivity contribution in [1.82, 2.24) is 14.8 Å². The first kappa shape index (κ1) is 21.4. The van der Waals surface area contributed by atoms with Gasteiger partial charge in [-0.2, -0.15) is 23.5 Å². The van der Waals surface area contributed by atoms with Crippen LogP contribution < -0.4 is 11.1 Å². The van der Waals surface area contributed by atoms with Crippen molar-refractivity contribution in [2.24, 2.45) is 0 Å². The molecule has 0 spiro atoms. The van der Waals surface area contributed by atoms with Crippen molar-refractivity contribution in [3.8, 4) is 11.8 Å². The monoisotopic (exact) mass is 440 g/mol. The van der Waals surface area contributed by atoms with Crippen LogP contribution in [0.4, 0.5) is 24.7 Å². The number of hydrogen-bond acceptors (Lipinski definition) is 5. The van der Waals surface area contributed by atoms with Gasteiger partial charge >= 0.3 is 6.18 Å². The number of hydrogen-bond donors (Lipinski definition) is 2. The van der Waals surface area contributed by atoms with E-state index in [2.05, 4.69) is 21.5 Å². The van der Waals surface area contributed by atoms with Crippen LogP contribution in [-0.2, 0) is 6.18 Å². The van der Waals surface area contributed by atoms with E-state index >= 15 is 0 Å². The molecule has 1 aliphatic rings. The molecule has 1 saturated carbocycles. The summed E-state index contributed by atoms with van der Waals surface area (Å²) in [5, 5.41) is 16.5. The molecular formula is C22H19F3N6O. The first-order valence-electron chi connectivity index (χ1n) is 10.0. The number of nitriles is 1. The van der Waals surface area contributed by atoms with Crippen molar-refractivity contribution in [3.05, 3.63) is 65.1 Å². The Kier molecular flexibility index (Phi) is 5.57. The largest absolute Gasteiger partial charge is 0.416 e. The Bertz CT molecular complexity index is 1190. The molecule has 0 unspecified atom stereocenters. The predicted octanol–water partition coefficient (Wildman–Crippen LogP) is 4.65. The maximum Gasteiger partial charge on any atom is 0.416 e. The van der Waals surface area contributed by atoms with Crippen LogP contribution in [0.25, 0.3) is 5.69 Å². The third-order valence-corrected chi connectivity index (χ3v) is 5.50. The number of carbonyl (C=O) groups excluding carboxylic acids is 1. The molecule has 2 heterocycles. The molecule has 1 aliphatic carbocycles. The third kappa shape index (κ3) is 4.14. The topological polar surface area (TPSA) is 110 Å². The molecule has 10 heteroatoms. The zero-order chi connectivity index (χ0) is 22.9. The predicted molar refractivity (Wildman–Crippen MR) is 111 cm³/mol. The summed E-state index contributed by atoms with van der Waals surface area (Å²) in [7, 11) is 0. The van der Waals surface area contributed by atoms with E-state index in [1.165, 1.54) is 16.8 Å². The van der Waals surface area contributed by atoms with Gasteiger partial charge in [0.05, 0.1) is 22.6 Å². The molecule has 1 fully saturated rings. The molecule has 1 aromatic carbocycles. The molecule has 32 heavy (non-hydrogen) atoms. The highest BCUT2D eigenvalue weighted by molar-refractivity contribution is 6.03. The van der Waals surface area contributed by atoms with E-state index in [1.807, 2.05) is 0 Å². The van der Waals surface area contributed by atoms with Crippen molar-refractivity contribution >= 4 is 17.4 Å². The zero-order valence-corrected chi connectivity index (χ0v) is 16.9. The number of anilines is 2. The standard InChI is InChI=1S/C22H19F3N6O/c23-22(24,25)15-9-10-28-18(11-15)29-21(32)14-5-7-16(8-6-14)31-17(12-26)19(27)20(30-31)13-3-1-2-4-13/h5-11,13H,1-4,27H2,(H,28,29,32). The smallest absolute Gasteiger partial charge is 0.395 e. The quantitative estimate of drug-likeness (QED) is 0.614. The minimum atomic E-state index is -4.54. The summed E-state index contributed by atoms with van der Waals surface area (Å²) >= 11 is 0. The number of nitrogens with two attached hydrogens (primary N) is 1. The molecular weight excluding hydrogens is 421 g/mol. The number of rotatable bonds is 4. The molecule has 2 aromatic heterocycles. The summed E-state index contributed by atoms with van der Waals surface area (Å²) in [5.41, 5.74) is 7.36. The molecule has 4 rings (SSSR count). The van der Waals surface area contributed by atoms with Crippen LogP contribution in [0.1, 0.15) is 58.9 Å². The summed E-state index contributed by atoms with van der Waals surface area (Å²) in [6.07, 6.45) is 0.608. The average Bonchev–Trinajstić information content (AvgIpc) is 3.41. The second-order valence-corrected chi connectivity index (χ2v) is 7.58.